The van der Waals surface area contributed by atoms with E-state index in [9.17, 15) is 19.5 Å². The fourth-order valence-corrected chi connectivity index (χ4v) is 7.32. The van der Waals surface area contributed by atoms with Gasteiger partial charge in [0.2, 0.25) is 5.91 Å². The van der Waals surface area contributed by atoms with Crippen LogP contribution in [0.25, 0.3) is 10.8 Å². The molecule has 2 aromatic rings. The fraction of sp³-hybridized carbons (Fsp3) is 0.485. The Kier molecular flexibility index (Phi) is 7.02. The van der Waals surface area contributed by atoms with Crippen molar-refractivity contribution >= 4 is 34.2 Å². The lowest BCUT2D eigenvalue weighted by atomic mass is 9.74. The molecule has 4 aliphatic rings. The number of aliphatic hydroxyl groups excluding tert-OH is 1. The first kappa shape index (κ1) is 27.7. The van der Waals surface area contributed by atoms with Gasteiger partial charge >= 0.3 is 5.97 Å². The standard InChI is InChI=1S/C33H38N2O6/c1-4-21(2)25(20-36)35-28-30(38)34(24-14-13-22-11-6-7-12-23(22)19-24)17-10-16-33(28)26(29(35)37)27-31(39)40-18-9-5-8-15-32(27,3)41-33/h6-8,10-16,19,21,25-28,36H,4-5,9,17-18,20H2,1-3H3/b15-8-/t21-,25-,26-,27-,28?,32+,33-/m0/s1. The van der Waals surface area contributed by atoms with Crippen LogP contribution >= 0.6 is 0 Å². The smallest absolute Gasteiger partial charge is 0.313 e. The van der Waals surface area contributed by atoms with Gasteiger partial charge in [0.1, 0.15) is 17.6 Å². The van der Waals surface area contributed by atoms with E-state index >= 15 is 0 Å². The molecule has 0 bridgehead atoms. The topological polar surface area (TPSA) is 96.4 Å². The molecule has 0 aliphatic carbocycles. The molecule has 8 nitrogen and oxygen atoms in total. The average Bonchev–Trinajstić information content (AvgIpc) is 3.32. The Morgan fingerprint density at radius 1 is 1.02 bits per heavy atom. The van der Waals surface area contributed by atoms with Crippen molar-refractivity contribution < 1.29 is 29.0 Å². The summed E-state index contributed by atoms with van der Waals surface area (Å²) in [7, 11) is 0. The second-order valence-corrected chi connectivity index (χ2v) is 12.0. The SMILES string of the molecule is CC[C@H](C)[C@H](CO)N1C(=O)[C@@H]2[C@H]3C(=O)OCCC/C=C\[C@@]3(C)O[C@@]23C=CCN(c2ccc4ccccc4c2)C(=O)C13. The molecule has 2 amide bonds. The molecule has 8 heteroatoms. The van der Waals surface area contributed by atoms with Crippen molar-refractivity contribution in [2.75, 3.05) is 24.7 Å². The van der Waals surface area contributed by atoms with Crippen LogP contribution in [-0.4, -0.2) is 70.8 Å². The molecule has 1 N–H and O–H groups in total. The third-order valence-corrected chi connectivity index (χ3v) is 9.58. The van der Waals surface area contributed by atoms with Crippen LogP contribution in [0.2, 0.25) is 0 Å². The zero-order valence-electron chi connectivity index (χ0n) is 23.9. The minimum absolute atomic E-state index is 0.0901. The molecule has 41 heavy (non-hydrogen) atoms. The third-order valence-electron chi connectivity index (χ3n) is 9.58. The lowest BCUT2D eigenvalue weighted by Gasteiger charge is -2.41. The Hall–Kier alpha value is -3.49. The Morgan fingerprint density at radius 3 is 2.56 bits per heavy atom. The van der Waals surface area contributed by atoms with E-state index in [1.165, 1.54) is 4.90 Å². The third kappa shape index (κ3) is 4.22. The first-order valence-corrected chi connectivity index (χ1v) is 14.7. The van der Waals surface area contributed by atoms with Gasteiger partial charge in [-0.15, -0.1) is 0 Å². The van der Waals surface area contributed by atoms with Crippen LogP contribution in [0.1, 0.15) is 40.0 Å². The predicted octanol–water partition coefficient (Wildman–Crippen LogP) is 4.01. The normalized spacial score (nSPS) is 33.7. The summed E-state index contributed by atoms with van der Waals surface area (Å²) in [5, 5.41) is 12.6. The Bertz CT molecular complexity index is 1440. The number of ether oxygens (including phenoxy) is 2. The molecule has 2 saturated heterocycles. The molecule has 7 atom stereocenters. The van der Waals surface area contributed by atoms with Gasteiger partial charge in [0.25, 0.3) is 5.91 Å². The number of carbonyl (C=O) groups excluding carboxylic acids is 3. The summed E-state index contributed by atoms with van der Waals surface area (Å²) < 4.78 is 12.5. The second kappa shape index (κ2) is 10.4. The van der Waals surface area contributed by atoms with Crippen LogP contribution in [0, 0.1) is 17.8 Å². The first-order chi connectivity index (χ1) is 19.8. The molecule has 1 spiro atoms. The predicted molar refractivity (Wildman–Crippen MR) is 155 cm³/mol. The molecule has 4 aliphatic heterocycles. The molecule has 0 radical (unpaired) electrons. The zero-order chi connectivity index (χ0) is 28.9. The van der Waals surface area contributed by atoms with E-state index < -0.39 is 41.1 Å². The summed E-state index contributed by atoms with van der Waals surface area (Å²) in [5.74, 6) is -3.13. The van der Waals surface area contributed by atoms with Crippen molar-refractivity contribution in [3.05, 3.63) is 66.8 Å². The maximum absolute atomic E-state index is 14.8. The summed E-state index contributed by atoms with van der Waals surface area (Å²) in [4.78, 5) is 46.2. The molecule has 2 aromatic carbocycles. The molecular weight excluding hydrogens is 520 g/mol. The highest BCUT2D eigenvalue weighted by Crippen LogP contribution is 2.58. The number of hydrogen-bond donors (Lipinski definition) is 1. The first-order valence-electron chi connectivity index (χ1n) is 14.7. The van der Waals surface area contributed by atoms with Crippen LogP contribution < -0.4 is 4.90 Å². The van der Waals surface area contributed by atoms with E-state index in [1.54, 1.807) is 4.90 Å². The maximum Gasteiger partial charge on any atom is 0.313 e. The van der Waals surface area contributed by atoms with E-state index in [2.05, 4.69) is 0 Å². The number of anilines is 1. The molecule has 216 valence electrons. The van der Waals surface area contributed by atoms with Gasteiger partial charge in [0, 0.05) is 12.2 Å². The van der Waals surface area contributed by atoms with Crippen LogP contribution in [0.4, 0.5) is 5.69 Å². The number of allylic oxidation sites excluding steroid dienone is 1. The van der Waals surface area contributed by atoms with Gasteiger partial charge in [-0.1, -0.05) is 74.9 Å². The number of fused-ring (bicyclic) bond motifs is 3. The number of aliphatic hydroxyl groups is 1. The number of benzene rings is 2. The molecule has 0 saturated carbocycles. The van der Waals surface area contributed by atoms with Gasteiger partial charge < -0.3 is 24.4 Å². The van der Waals surface area contributed by atoms with E-state index in [0.717, 1.165) is 10.8 Å². The summed E-state index contributed by atoms with van der Waals surface area (Å²) in [6.07, 6.45) is 9.64. The molecule has 2 fully saturated rings. The van der Waals surface area contributed by atoms with Crippen molar-refractivity contribution in [1.82, 2.24) is 4.90 Å². The number of carbonyl (C=O) groups is 3. The van der Waals surface area contributed by atoms with Crippen LogP contribution in [0.5, 0.6) is 0 Å². The summed E-state index contributed by atoms with van der Waals surface area (Å²) in [6.45, 7) is 6.00. The van der Waals surface area contributed by atoms with Crippen molar-refractivity contribution in [3.63, 3.8) is 0 Å². The van der Waals surface area contributed by atoms with E-state index in [4.69, 9.17) is 9.47 Å². The zero-order valence-corrected chi connectivity index (χ0v) is 23.9. The van der Waals surface area contributed by atoms with Crippen molar-refractivity contribution in [3.8, 4) is 0 Å². The van der Waals surface area contributed by atoms with Crippen LogP contribution in [0.15, 0.2) is 66.8 Å². The molecule has 6 rings (SSSR count). The molecule has 1 unspecified atom stereocenters. The molecular formula is C33H38N2O6. The minimum atomic E-state index is -1.40. The van der Waals surface area contributed by atoms with Crippen molar-refractivity contribution in [1.29, 1.82) is 0 Å². The van der Waals surface area contributed by atoms with Gasteiger partial charge in [0.05, 0.1) is 30.8 Å². The highest BCUT2D eigenvalue weighted by atomic mass is 16.6. The minimum Gasteiger partial charge on any atom is -0.465 e. The Morgan fingerprint density at radius 2 is 1.80 bits per heavy atom. The number of esters is 1. The highest BCUT2D eigenvalue weighted by Gasteiger charge is 2.75. The number of cyclic esters (lactones) is 1. The summed E-state index contributed by atoms with van der Waals surface area (Å²) >= 11 is 0. The van der Waals surface area contributed by atoms with Crippen molar-refractivity contribution in [2.45, 2.75) is 63.3 Å². The number of likely N-dealkylation sites (tertiary alicyclic amines) is 1. The average molecular weight is 559 g/mol. The van der Waals surface area contributed by atoms with Crippen LogP contribution in [0.3, 0.4) is 0 Å². The quantitative estimate of drug-likeness (QED) is 0.440. The maximum atomic E-state index is 14.8. The Balaban J connectivity index is 1.51. The fourth-order valence-electron chi connectivity index (χ4n) is 7.32. The number of nitrogens with zero attached hydrogens (tertiary/aromatic N) is 2. The van der Waals surface area contributed by atoms with E-state index in [1.807, 2.05) is 87.5 Å². The van der Waals surface area contributed by atoms with Gasteiger partial charge in [-0.05, 0) is 48.6 Å². The second-order valence-electron chi connectivity index (χ2n) is 12.0. The van der Waals surface area contributed by atoms with Crippen LogP contribution in [-0.2, 0) is 23.9 Å². The monoisotopic (exact) mass is 558 g/mol. The lowest BCUT2D eigenvalue weighted by molar-refractivity contribution is -0.160. The van der Waals surface area contributed by atoms with Gasteiger partial charge in [-0.2, -0.15) is 0 Å². The van der Waals surface area contributed by atoms with E-state index in [0.29, 0.717) is 24.9 Å². The Labute approximate surface area is 240 Å². The lowest BCUT2D eigenvalue weighted by Crippen LogP contribution is -2.60. The van der Waals surface area contributed by atoms with Gasteiger partial charge in [-0.3, -0.25) is 14.4 Å². The summed E-state index contributed by atoms with van der Waals surface area (Å²) in [6, 6.07) is 12.1. The van der Waals surface area contributed by atoms with Crippen molar-refractivity contribution in [2.24, 2.45) is 17.8 Å². The number of hydrogen-bond acceptors (Lipinski definition) is 6. The highest BCUT2D eigenvalue weighted by molar-refractivity contribution is 6.06. The van der Waals surface area contributed by atoms with Gasteiger partial charge in [-0.25, -0.2) is 0 Å². The molecule has 4 heterocycles. The summed E-state index contributed by atoms with van der Waals surface area (Å²) in [5.41, 5.74) is -1.83. The largest absolute Gasteiger partial charge is 0.465 e. The van der Waals surface area contributed by atoms with Gasteiger partial charge in [0.15, 0.2) is 0 Å². The van der Waals surface area contributed by atoms with E-state index in [-0.39, 0.29) is 37.5 Å². The number of rotatable bonds is 5. The number of amides is 2. The molecule has 0 aromatic heterocycles.